The number of carbonyl (C=O) groups excluding carboxylic acids is 1. The summed E-state index contributed by atoms with van der Waals surface area (Å²) in [6, 6.07) is 16.3. The number of hydrogen-bond donors (Lipinski definition) is 1. The molecule has 1 aliphatic rings. The number of ether oxygens (including phenoxy) is 2. The number of hydrogen-bond acceptors (Lipinski definition) is 5. The van der Waals surface area contributed by atoms with Gasteiger partial charge in [-0.05, 0) is 73.2 Å². The van der Waals surface area contributed by atoms with Gasteiger partial charge in [0.15, 0.2) is 11.5 Å². The van der Waals surface area contributed by atoms with Gasteiger partial charge in [-0.1, -0.05) is 6.07 Å². The van der Waals surface area contributed by atoms with Crippen LogP contribution in [0.3, 0.4) is 0 Å². The van der Waals surface area contributed by atoms with E-state index in [-0.39, 0.29) is 16.5 Å². The maximum absolute atomic E-state index is 13.0. The lowest BCUT2D eigenvalue weighted by atomic mass is 10.1. The second-order valence-corrected chi connectivity index (χ2v) is 9.12. The van der Waals surface area contributed by atoms with Gasteiger partial charge in [0.2, 0.25) is 0 Å². The van der Waals surface area contributed by atoms with Crippen LogP contribution in [0, 0.1) is 5.82 Å². The highest BCUT2D eigenvalue weighted by atomic mass is 32.2. The molecule has 3 aromatic carbocycles. The Morgan fingerprint density at radius 3 is 2.30 bits per heavy atom. The number of nitrogens with one attached hydrogen (secondary N) is 1. The molecule has 1 N–H and O–H groups in total. The van der Waals surface area contributed by atoms with Gasteiger partial charge in [0.1, 0.15) is 19.0 Å². The highest BCUT2D eigenvalue weighted by molar-refractivity contribution is 7.92. The Morgan fingerprint density at radius 1 is 0.970 bits per heavy atom. The number of rotatable bonds is 7. The lowest BCUT2D eigenvalue weighted by Crippen LogP contribution is -2.30. The van der Waals surface area contributed by atoms with E-state index in [9.17, 15) is 17.6 Å². The number of benzene rings is 3. The molecule has 33 heavy (non-hydrogen) atoms. The van der Waals surface area contributed by atoms with Crippen LogP contribution in [0.1, 0.15) is 22.8 Å². The number of nitrogens with zero attached hydrogens (tertiary/aromatic N) is 1. The van der Waals surface area contributed by atoms with Crippen molar-refractivity contribution in [2.24, 2.45) is 0 Å². The van der Waals surface area contributed by atoms with Crippen LogP contribution in [-0.4, -0.2) is 39.0 Å². The first-order valence-electron chi connectivity index (χ1n) is 10.4. The number of carbonyl (C=O) groups is 1. The van der Waals surface area contributed by atoms with Crippen molar-refractivity contribution in [3.63, 3.8) is 0 Å². The molecule has 1 aliphatic heterocycles. The van der Waals surface area contributed by atoms with Crippen molar-refractivity contribution in [2.45, 2.75) is 18.4 Å². The van der Waals surface area contributed by atoms with E-state index in [4.69, 9.17) is 9.47 Å². The molecule has 0 unspecified atom stereocenters. The number of fused-ring (bicyclic) bond motifs is 1. The zero-order chi connectivity index (χ0) is 23.4. The van der Waals surface area contributed by atoms with Gasteiger partial charge in [0.05, 0.1) is 4.90 Å². The minimum atomic E-state index is -3.87. The second-order valence-electron chi connectivity index (χ2n) is 7.43. The molecule has 172 valence electrons. The van der Waals surface area contributed by atoms with Crippen molar-refractivity contribution in [3.05, 3.63) is 83.7 Å². The molecule has 1 amide bonds. The van der Waals surface area contributed by atoms with Crippen LogP contribution in [0.2, 0.25) is 0 Å². The number of anilines is 1. The van der Waals surface area contributed by atoms with Crippen molar-refractivity contribution < 1.29 is 27.1 Å². The van der Waals surface area contributed by atoms with Crippen molar-refractivity contribution in [1.82, 2.24) is 4.90 Å². The highest BCUT2D eigenvalue weighted by Gasteiger charge is 2.19. The first-order chi connectivity index (χ1) is 15.9. The largest absolute Gasteiger partial charge is 0.486 e. The van der Waals surface area contributed by atoms with E-state index < -0.39 is 15.8 Å². The van der Waals surface area contributed by atoms with Crippen LogP contribution in [0.15, 0.2) is 71.6 Å². The van der Waals surface area contributed by atoms with E-state index in [1.807, 2.05) is 25.1 Å². The van der Waals surface area contributed by atoms with E-state index >= 15 is 0 Å². The molecule has 0 aromatic heterocycles. The molecule has 1 heterocycles. The fourth-order valence-corrected chi connectivity index (χ4v) is 4.48. The van der Waals surface area contributed by atoms with E-state index in [0.29, 0.717) is 43.4 Å². The molecule has 0 radical (unpaired) electrons. The van der Waals surface area contributed by atoms with Gasteiger partial charge in [-0.3, -0.25) is 9.52 Å². The standard InChI is InChI=1S/C24H23FN2O5S/c1-2-27(16-17-3-12-22-23(15-17)32-14-13-31-22)24(28)18-4-10-21(11-5-18)33(29,30)26-20-8-6-19(25)7-9-20/h3-12,15,26H,2,13-14,16H2,1H3. The zero-order valence-corrected chi connectivity index (χ0v) is 18.8. The third-order valence-electron chi connectivity index (χ3n) is 5.16. The quantitative estimate of drug-likeness (QED) is 0.563. The minimum absolute atomic E-state index is 0.00161. The smallest absolute Gasteiger partial charge is 0.261 e. The van der Waals surface area contributed by atoms with Crippen LogP contribution in [0.4, 0.5) is 10.1 Å². The molecule has 7 nitrogen and oxygen atoms in total. The summed E-state index contributed by atoms with van der Waals surface area (Å²) in [6.07, 6.45) is 0. The Kier molecular flexibility index (Phi) is 6.50. The predicted molar refractivity (Wildman–Crippen MR) is 121 cm³/mol. The van der Waals surface area contributed by atoms with Crippen molar-refractivity contribution in [3.8, 4) is 11.5 Å². The fourth-order valence-electron chi connectivity index (χ4n) is 3.42. The summed E-state index contributed by atoms with van der Waals surface area (Å²) in [6.45, 7) is 3.72. The number of amides is 1. The van der Waals surface area contributed by atoms with Gasteiger partial charge < -0.3 is 14.4 Å². The summed E-state index contributed by atoms with van der Waals surface area (Å²) in [5.41, 5.74) is 1.51. The second kappa shape index (κ2) is 9.50. The molecule has 0 saturated heterocycles. The van der Waals surface area contributed by atoms with E-state index in [1.165, 1.54) is 48.5 Å². The summed E-state index contributed by atoms with van der Waals surface area (Å²) in [7, 11) is -3.87. The summed E-state index contributed by atoms with van der Waals surface area (Å²) in [4.78, 5) is 14.7. The van der Waals surface area contributed by atoms with Crippen LogP contribution < -0.4 is 14.2 Å². The topological polar surface area (TPSA) is 84.9 Å². The average molecular weight is 471 g/mol. The third kappa shape index (κ3) is 5.25. The summed E-state index contributed by atoms with van der Waals surface area (Å²) >= 11 is 0. The maximum atomic E-state index is 13.0. The summed E-state index contributed by atoms with van der Waals surface area (Å²) in [5.74, 6) is 0.663. The Balaban J connectivity index is 1.46. The zero-order valence-electron chi connectivity index (χ0n) is 18.0. The Bertz CT molecular complexity index is 1240. The van der Waals surface area contributed by atoms with Crippen LogP contribution in [0.5, 0.6) is 11.5 Å². The van der Waals surface area contributed by atoms with Gasteiger partial charge in [0.25, 0.3) is 15.9 Å². The fraction of sp³-hybridized carbons (Fsp3) is 0.208. The Hall–Kier alpha value is -3.59. The van der Waals surface area contributed by atoms with Crippen LogP contribution in [0.25, 0.3) is 0 Å². The summed E-state index contributed by atoms with van der Waals surface area (Å²) in [5, 5.41) is 0. The summed E-state index contributed by atoms with van der Waals surface area (Å²) < 4.78 is 51.8. The molecule has 4 rings (SSSR count). The molecule has 0 bridgehead atoms. The lowest BCUT2D eigenvalue weighted by molar-refractivity contribution is 0.0752. The lowest BCUT2D eigenvalue weighted by Gasteiger charge is -2.23. The van der Waals surface area contributed by atoms with Crippen LogP contribution in [-0.2, 0) is 16.6 Å². The molecule has 0 spiro atoms. The van der Waals surface area contributed by atoms with E-state index in [2.05, 4.69) is 4.72 Å². The van der Waals surface area contributed by atoms with Gasteiger partial charge >= 0.3 is 0 Å². The van der Waals surface area contributed by atoms with Gasteiger partial charge in [0, 0.05) is 24.3 Å². The molecular weight excluding hydrogens is 447 g/mol. The molecule has 3 aromatic rings. The van der Waals surface area contributed by atoms with Gasteiger partial charge in [-0.2, -0.15) is 0 Å². The van der Waals surface area contributed by atoms with Crippen molar-refractivity contribution in [1.29, 1.82) is 0 Å². The van der Waals surface area contributed by atoms with Crippen molar-refractivity contribution >= 4 is 21.6 Å². The van der Waals surface area contributed by atoms with Gasteiger partial charge in [-0.15, -0.1) is 0 Å². The molecule has 0 aliphatic carbocycles. The first kappa shape index (κ1) is 22.6. The van der Waals surface area contributed by atoms with E-state index in [0.717, 1.165) is 5.56 Å². The van der Waals surface area contributed by atoms with E-state index in [1.54, 1.807) is 4.90 Å². The molecule has 0 fully saturated rings. The average Bonchev–Trinajstić information content (AvgIpc) is 2.83. The number of sulfonamides is 1. The molecule has 9 heteroatoms. The molecule has 0 atom stereocenters. The van der Waals surface area contributed by atoms with Crippen LogP contribution >= 0.6 is 0 Å². The van der Waals surface area contributed by atoms with Crippen molar-refractivity contribution in [2.75, 3.05) is 24.5 Å². The Labute approximate surface area is 191 Å². The SMILES string of the molecule is CCN(Cc1ccc2c(c1)OCCO2)C(=O)c1ccc(S(=O)(=O)Nc2ccc(F)cc2)cc1. The first-order valence-corrected chi connectivity index (χ1v) is 11.9. The molecule has 0 saturated carbocycles. The normalized spacial score (nSPS) is 12.8. The minimum Gasteiger partial charge on any atom is -0.486 e. The predicted octanol–water partition coefficient (Wildman–Crippen LogP) is 4.06. The third-order valence-corrected chi connectivity index (χ3v) is 6.55. The number of halogens is 1. The highest BCUT2D eigenvalue weighted by Crippen LogP contribution is 2.31. The van der Waals surface area contributed by atoms with Gasteiger partial charge in [-0.25, -0.2) is 12.8 Å². The monoisotopic (exact) mass is 470 g/mol. The molecular formula is C24H23FN2O5S. The Morgan fingerprint density at radius 2 is 1.64 bits per heavy atom. The maximum Gasteiger partial charge on any atom is 0.261 e.